The number of pyridine rings is 1. The zero-order chi connectivity index (χ0) is 21.3. The standard InChI is InChI=1S/C20H20FN3O5/c1-10-17-13(20(29)24(10)15(19(22)28)4-5-16(26)27)3-2-12(18(17)21)14-8-11(9-25)6-7-23-14/h2-3,6-8,10,15,25H,4-5,9H2,1H3,(H2,22,28)(H,26,27). The minimum atomic E-state index is -1.17. The van der Waals surface area contributed by atoms with Gasteiger partial charge in [-0.2, -0.15) is 0 Å². The van der Waals surface area contributed by atoms with E-state index < -0.39 is 35.7 Å². The zero-order valence-electron chi connectivity index (χ0n) is 15.6. The third-order valence-electron chi connectivity index (χ3n) is 5.06. The number of hydrogen-bond donors (Lipinski definition) is 3. The summed E-state index contributed by atoms with van der Waals surface area (Å²) in [6.07, 6.45) is 0.929. The SMILES string of the molecule is CC1c2c(ccc(-c3cc(CO)ccn3)c2F)C(=O)N1C(CCC(=O)O)C(N)=O. The molecule has 1 aromatic carbocycles. The van der Waals surface area contributed by atoms with Crippen LogP contribution in [0.1, 0.15) is 47.3 Å². The van der Waals surface area contributed by atoms with Crippen molar-refractivity contribution in [3.8, 4) is 11.3 Å². The Morgan fingerprint density at radius 3 is 2.62 bits per heavy atom. The van der Waals surface area contributed by atoms with E-state index in [1.807, 2.05) is 0 Å². The van der Waals surface area contributed by atoms with Crippen molar-refractivity contribution in [3.63, 3.8) is 0 Å². The molecule has 0 bridgehead atoms. The first kappa shape index (κ1) is 20.4. The maximum atomic E-state index is 15.4. The normalized spacial score (nSPS) is 16.6. The number of primary amides is 1. The summed E-state index contributed by atoms with van der Waals surface area (Å²) in [5.41, 5.74) is 6.61. The van der Waals surface area contributed by atoms with Gasteiger partial charge in [0.05, 0.1) is 18.3 Å². The molecular weight excluding hydrogens is 381 g/mol. The highest BCUT2D eigenvalue weighted by Crippen LogP contribution is 2.40. The number of amides is 2. The molecule has 2 heterocycles. The van der Waals surface area contributed by atoms with Crippen molar-refractivity contribution < 1.29 is 29.0 Å². The average Bonchev–Trinajstić information content (AvgIpc) is 2.93. The molecule has 0 spiro atoms. The van der Waals surface area contributed by atoms with Crippen LogP contribution in [0.25, 0.3) is 11.3 Å². The van der Waals surface area contributed by atoms with E-state index in [2.05, 4.69) is 4.98 Å². The molecule has 2 aromatic rings. The molecule has 9 heteroatoms. The van der Waals surface area contributed by atoms with E-state index in [-0.39, 0.29) is 36.1 Å². The van der Waals surface area contributed by atoms with Gasteiger partial charge in [-0.15, -0.1) is 0 Å². The molecule has 2 unspecified atom stereocenters. The molecule has 8 nitrogen and oxygen atoms in total. The number of aliphatic carboxylic acids is 1. The smallest absolute Gasteiger partial charge is 0.303 e. The quantitative estimate of drug-likeness (QED) is 0.645. The summed E-state index contributed by atoms with van der Waals surface area (Å²) in [4.78, 5) is 40.9. The van der Waals surface area contributed by atoms with Crippen LogP contribution in [0.5, 0.6) is 0 Å². The van der Waals surface area contributed by atoms with Gasteiger partial charge in [0.15, 0.2) is 0 Å². The Balaban J connectivity index is 2.03. The van der Waals surface area contributed by atoms with E-state index in [0.29, 0.717) is 11.3 Å². The molecule has 4 N–H and O–H groups in total. The van der Waals surface area contributed by atoms with Crippen molar-refractivity contribution in [2.75, 3.05) is 0 Å². The fraction of sp³-hybridized carbons (Fsp3) is 0.300. The molecule has 2 amide bonds. The first-order valence-corrected chi connectivity index (χ1v) is 8.98. The number of fused-ring (bicyclic) bond motifs is 1. The van der Waals surface area contributed by atoms with E-state index in [1.54, 1.807) is 19.1 Å². The van der Waals surface area contributed by atoms with Gasteiger partial charge < -0.3 is 20.8 Å². The fourth-order valence-electron chi connectivity index (χ4n) is 3.65. The molecule has 1 aliphatic heterocycles. The van der Waals surface area contributed by atoms with E-state index >= 15 is 4.39 Å². The number of rotatable bonds is 7. The highest BCUT2D eigenvalue weighted by atomic mass is 19.1. The van der Waals surface area contributed by atoms with Gasteiger partial charge in [0.25, 0.3) is 5.91 Å². The number of carboxylic acid groups (broad SMARTS) is 1. The van der Waals surface area contributed by atoms with E-state index in [4.69, 9.17) is 10.8 Å². The third-order valence-corrected chi connectivity index (χ3v) is 5.06. The van der Waals surface area contributed by atoms with Gasteiger partial charge in [0.1, 0.15) is 11.9 Å². The van der Waals surface area contributed by atoms with Crippen LogP contribution in [-0.4, -0.2) is 43.9 Å². The summed E-state index contributed by atoms with van der Waals surface area (Å²) in [6, 6.07) is 4.03. The van der Waals surface area contributed by atoms with Crippen molar-refractivity contribution in [1.82, 2.24) is 9.88 Å². The Morgan fingerprint density at radius 2 is 2.00 bits per heavy atom. The first-order chi connectivity index (χ1) is 13.8. The number of aromatic nitrogens is 1. The van der Waals surface area contributed by atoms with Crippen molar-refractivity contribution in [1.29, 1.82) is 0 Å². The van der Waals surface area contributed by atoms with Crippen molar-refractivity contribution in [2.45, 2.75) is 38.5 Å². The van der Waals surface area contributed by atoms with Gasteiger partial charge in [-0.25, -0.2) is 4.39 Å². The van der Waals surface area contributed by atoms with Crippen LogP contribution in [0.2, 0.25) is 0 Å². The second-order valence-corrected chi connectivity index (χ2v) is 6.83. The number of hydrogen-bond acceptors (Lipinski definition) is 5. The minimum Gasteiger partial charge on any atom is -0.481 e. The minimum absolute atomic E-state index is 0.0960. The molecule has 0 saturated carbocycles. The summed E-state index contributed by atoms with van der Waals surface area (Å²) < 4.78 is 15.4. The van der Waals surface area contributed by atoms with Gasteiger partial charge in [-0.1, -0.05) is 0 Å². The van der Waals surface area contributed by atoms with Crippen LogP contribution in [0.4, 0.5) is 4.39 Å². The second kappa shape index (κ2) is 7.96. The molecule has 29 heavy (non-hydrogen) atoms. The monoisotopic (exact) mass is 401 g/mol. The van der Waals surface area contributed by atoms with Crippen LogP contribution in [-0.2, 0) is 16.2 Å². The molecule has 1 aliphatic rings. The first-order valence-electron chi connectivity index (χ1n) is 8.98. The lowest BCUT2D eigenvalue weighted by Crippen LogP contribution is -2.46. The Hall–Kier alpha value is -3.33. The topological polar surface area (TPSA) is 134 Å². The van der Waals surface area contributed by atoms with Crippen molar-refractivity contribution >= 4 is 17.8 Å². The van der Waals surface area contributed by atoms with Gasteiger partial charge in [-0.3, -0.25) is 19.4 Å². The van der Waals surface area contributed by atoms with Crippen LogP contribution in [0.3, 0.4) is 0 Å². The number of nitrogens with zero attached hydrogens (tertiary/aromatic N) is 2. The predicted molar refractivity (Wildman–Crippen MR) is 100.0 cm³/mol. The van der Waals surface area contributed by atoms with Gasteiger partial charge in [-0.05, 0) is 43.2 Å². The lowest BCUT2D eigenvalue weighted by Gasteiger charge is -2.29. The Kier molecular flexibility index (Phi) is 5.60. The number of aliphatic hydroxyl groups is 1. The average molecular weight is 401 g/mol. The lowest BCUT2D eigenvalue weighted by molar-refractivity contribution is -0.137. The number of benzene rings is 1. The number of nitrogens with two attached hydrogens (primary N) is 1. The summed E-state index contributed by atoms with van der Waals surface area (Å²) in [6.45, 7) is 1.33. The van der Waals surface area contributed by atoms with Crippen LogP contribution < -0.4 is 5.73 Å². The zero-order valence-corrected chi connectivity index (χ0v) is 15.6. The largest absolute Gasteiger partial charge is 0.481 e. The summed E-state index contributed by atoms with van der Waals surface area (Å²) in [5, 5.41) is 18.2. The Labute approximate surface area is 165 Å². The molecule has 0 aliphatic carbocycles. The van der Waals surface area contributed by atoms with Gasteiger partial charge >= 0.3 is 5.97 Å². The maximum Gasteiger partial charge on any atom is 0.303 e. The molecule has 2 atom stereocenters. The Morgan fingerprint density at radius 1 is 1.31 bits per heavy atom. The molecule has 0 saturated heterocycles. The van der Waals surface area contributed by atoms with E-state index in [9.17, 15) is 19.5 Å². The number of carbonyl (C=O) groups excluding carboxylic acids is 2. The number of carboxylic acids is 1. The van der Waals surface area contributed by atoms with Crippen molar-refractivity contribution in [3.05, 3.63) is 53.0 Å². The maximum absolute atomic E-state index is 15.4. The van der Waals surface area contributed by atoms with Crippen LogP contribution >= 0.6 is 0 Å². The van der Waals surface area contributed by atoms with Gasteiger partial charge in [0, 0.05) is 29.3 Å². The summed E-state index contributed by atoms with van der Waals surface area (Å²) >= 11 is 0. The molecular formula is C20H20FN3O5. The van der Waals surface area contributed by atoms with E-state index in [0.717, 1.165) is 4.90 Å². The predicted octanol–water partition coefficient (Wildman–Crippen LogP) is 1.62. The van der Waals surface area contributed by atoms with Crippen LogP contribution in [0, 0.1) is 5.82 Å². The molecule has 1 aromatic heterocycles. The van der Waals surface area contributed by atoms with E-state index in [1.165, 1.54) is 18.3 Å². The second-order valence-electron chi connectivity index (χ2n) is 6.83. The molecule has 3 rings (SSSR count). The third kappa shape index (κ3) is 3.68. The lowest BCUT2D eigenvalue weighted by atomic mass is 9.98. The number of halogens is 1. The van der Waals surface area contributed by atoms with Crippen molar-refractivity contribution in [2.24, 2.45) is 5.73 Å². The highest BCUT2D eigenvalue weighted by molar-refractivity contribution is 6.02. The number of aliphatic hydroxyl groups excluding tert-OH is 1. The summed E-state index contributed by atoms with van der Waals surface area (Å²) in [5.74, 6) is -3.22. The molecule has 0 fully saturated rings. The molecule has 0 radical (unpaired) electrons. The van der Waals surface area contributed by atoms with Gasteiger partial charge in [0.2, 0.25) is 5.91 Å². The van der Waals surface area contributed by atoms with Crippen LogP contribution in [0.15, 0.2) is 30.5 Å². The molecule has 152 valence electrons. The highest BCUT2D eigenvalue weighted by Gasteiger charge is 2.42. The number of carbonyl (C=O) groups is 3. The summed E-state index contributed by atoms with van der Waals surface area (Å²) in [7, 11) is 0. The Bertz CT molecular complexity index is 994. The fourth-order valence-corrected chi connectivity index (χ4v) is 3.65.